The lowest BCUT2D eigenvalue weighted by molar-refractivity contribution is -0.139. The van der Waals surface area contributed by atoms with Crippen LogP contribution < -0.4 is 9.62 Å². The summed E-state index contributed by atoms with van der Waals surface area (Å²) in [4.78, 5) is 28.7. The highest BCUT2D eigenvalue weighted by Gasteiger charge is 2.34. The van der Waals surface area contributed by atoms with Crippen LogP contribution in [0.15, 0.2) is 71.6 Å². The molecular weight excluding hydrogens is 600 g/mol. The normalized spacial score (nSPS) is 14.7. The number of carbonyl (C=O) groups excluding carboxylic acids is 2. The molecule has 3 aromatic rings. The highest BCUT2D eigenvalue weighted by atomic mass is 35.5. The molecule has 1 aliphatic carbocycles. The number of anilines is 1. The first-order chi connectivity index (χ1) is 20.0. The number of nitrogens with one attached hydrogen (secondary N) is 1. The topological polar surface area (TPSA) is 86.8 Å². The fourth-order valence-corrected chi connectivity index (χ4v) is 6.83. The molecule has 7 nitrogen and oxygen atoms in total. The Hall–Kier alpha value is -3.14. The molecule has 0 aromatic heterocycles. The molecule has 1 atom stereocenters. The third kappa shape index (κ3) is 7.82. The molecule has 1 N–H and O–H groups in total. The van der Waals surface area contributed by atoms with Gasteiger partial charge in [0.2, 0.25) is 11.8 Å². The Bertz CT molecular complexity index is 1510. The molecule has 0 unspecified atom stereocenters. The molecule has 11 heteroatoms. The number of nitrogens with zero attached hydrogens (tertiary/aromatic N) is 2. The summed E-state index contributed by atoms with van der Waals surface area (Å²) in [7, 11) is -4.29. The Morgan fingerprint density at radius 2 is 1.62 bits per heavy atom. The molecule has 0 radical (unpaired) electrons. The lowest BCUT2D eigenvalue weighted by Crippen LogP contribution is -2.53. The molecule has 0 heterocycles. The van der Waals surface area contributed by atoms with E-state index in [2.05, 4.69) is 5.32 Å². The molecule has 2 amide bonds. The fraction of sp³-hybridized carbons (Fsp3) is 0.355. The molecular formula is C31H34Cl2FN3O4S. The van der Waals surface area contributed by atoms with Crippen molar-refractivity contribution in [2.45, 2.75) is 69.5 Å². The van der Waals surface area contributed by atoms with Gasteiger partial charge in [-0.1, -0.05) is 72.3 Å². The summed E-state index contributed by atoms with van der Waals surface area (Å²) in [6, 6.07) is 15.2. The summed E-state index contributed by atoms with van der Waals surface area (Å²) in [5.41, 5.74) is 1.47. The Morgan fingerprint density at radius 1 is 0.976 bits per heavy atom. The minimum Gasteiger partial charge on any atom is -0.352 e. The summed E-state index contributed by atoms with van der Waals surface area (Å²) in [6.45, 7) is 2.74. The summed E-state index contributed by atoms with van der Waals surface area (Å²) in [5, 5.41) is 3.36. The molecule has 224 valence electrons. The molecule has 4 rings (SSSR count). The van der Waals surface area contributed by atoms with Gasteiger partial charge in [0.15, 0.2) is 0 Å². The van der Waals surface area contributed by atoms with Crippen molar-refractivity contribution in [2.24, 2.45) is 0 Å². The first-order valence-electron chi connectivity index (χ1n) is 13.8. The number of hydrogen-bond donors (Lipinski definition) is 1. The summed E-state index contributed by atoms with van der Waals surface area (Å²) >= 11 is 12.7. The maximum absolute atomic E-state index is 14.1. The number of aryl methyl sites for hydroxylation is 1. The molecule has 0 spiro atoms. The van der Waals surface area contributed by atoms with Gasteiger partial charge in [0, 0.05) is 17.6 Å². The first-order valence-corrected chi connectivity index (χ1v) is 16.0. The van der Waals surface area contributed by atoms with Gasteiger partial charge in [-0.25, -0.2) is 12.8 Å². The third-order valence-electron chi connectivity index (χ3n) is 7.45. The minimum atomic E-state index is -4.29. The van der Waals surface area contributed by atoms with Gasteiger partial charge >= 0.3 is 0 Å². The van der Waals surface area contributed by atoms with Crippen LogP contribution in [-0.2, 0) is 26.2 Å². The van der Waals surface area contributed by atoms with E-state index in [0.29, 0.717) is 5.56 Å². The van der Waals surface area contributed by atoms with Crippen LogP contribution in [0.1, 0.15) is 50.2 Å². The Morgan fingerprint density at radius 3 is 2.26 bits per heavy atom. The zero-order valence-corrected chi connectivity index (χ0v) is 25.9. The van der Waals surface area contributed by atoms with Crippen molar-refractivity contribution in [1.29, 1.82) is 0 Å². The molecule has 0 aliphatic heterocycles. The average Bonchev–Trinajstić information content (AvgIpc) is 2.97. The highest BCUT2D eigenvalue weighted by Crippen LogP contribution is 2.33. The Labute approximate surface area is 256 Å². The number of halogens is 3. The van der Waals surface area contributed by atoms with E-state index in [9.17, 15) is 22.4 Å². The third-order valence-corrected chi connectivity index (χ3v) is 9.78. The number of amides is 2. The van der Waals surface area contributed by atoms with Crippen molar-refractivity contribution >= 4 is 50.7 Å². The lowest BCUT2D eigenvalue weighted by Gasteiger charge is -2.33. The van der Waals surface area contributed by atoms with Gasteiger partial charge in [-0.05, 0) is 74.7 Å². The smallest absolute Gasteiger partial charge is 0.264 e. The van der Waals surface area contributed by atoms with Gasteiger partial charge in [0.1, 0.15) is 18.4 Å². The predicted octanol–water partition coefficient (Wildman–Crippen LogP) is 6.50. The number of hydrogen-bond acceptors (Lipinski definition) is 4. The van der Waals surface area contributed by atoms with Crippen LogP contribution in [-0.4, -0.2) is 43.8 Å². The van der Waals surface area contributed by atoms with Gasteiger partial charge in [0.25, 0.3) is 10.0 Å². The quantitative estimate of drug-likeness (QED) is 0.276. The Kier molecular flexibility index (Phi) is 10.5. The fourth-order valence-electron chi connectivity index (χ4n) is 4.97. The molecule has 3 aromatic carbocycles. The SMILES string of the molecule is Cc1ccc(S(=O)(=O)N(CC(=O)N(Cc2ccc(F)cc2)[C@H](C)C(=O)NC2CCCCC2)c2cc(Cl)ccc2Cl)cc1. The maximum Gasteiger partial charge on any atom is 0.264 e. The molecule has 0 saturated heterocycles. The monoisotopic (exact) mass is 633 g/mol. The largest absolute Gasteiger partial charge is 0.352 e. The van der Waals surface area contributed by atoms with E-state index in [1.807, 2.05) is 6.92 Å². The van der Waals surface area contributed by atoms with Crippen LogP contribution in [0.3, 0.4) is 0 Å². The van der Waals surface area contributed by atoms with E-state index in [1.54, 1.807) is 19.1 Å². The van der Waals surface area contributed by atoms with E-state index in [1.165, 1.54) is 59.5 Å². The summed E-state index contributed by atoms with van der Waals surface area (Å²) < 4.78 is 42.5. The second-order valence-corrected chi connectivity index (χ2v) is 13.3. The minimum absolute atomic E-state index is 0.0140. The highest BCUT2D eigenvalue weighted by molar-refractivity contribution is 7.92. The first kappa shape index (κ1) is 31.8. The van der Waals surface area contributed by atoms with Crippen molar-refractivity contribution < 1.29 is 22.4 Å². The van der Waals surface area contributed by atoms with E-state index in [0.717, 1.165) is 42.0 Å². The maximum atomic E-state index is 14.1. The van der Waals surface area contributed by atoms with Crippen molar-refractivity contribution in [3.8, 4) is 0 Å². The van der Waals surface area contributed by atoms with Crippen LogP contribution in [0, 0.1) is 12.7 Å². The van der Waals surface area contributed by atoms with Crippen LogP contribution in [0.4, 0.5) is 10.1 Å². The van der Waals surface area contributed by atoms with Crippen molar-refractivity contribution in [1.82, 2.24) is 10.2 Å². The van der Waals surface area contributed by atoms with E-state index in [-0.39, 0.29) is 39.1 Å². The van der Waals surface area contributed by atoms with E-state index >= 15 is 0 Å². The van der Waals surface area contributed by atoms with Crippen molar-refractivity contribution in [3.63, 3.8) is 0 Å². The average molecular weight is 635 g/mol. The number of benzene rings is 3. The van der Waals surface area contributed by atoms with Crippen molar-refractivity contribution in [2.75, 3.05) is 10.8 Å². The van der Waals surface area contributed by atoms with Crippen molar-refractivity contribution in [3.05, 3.63) is 93.7 Å². The summed E-state index contributed by atoms with van der Waals surface area (Å²) in [6.07, 6.45) is 4.88. The lowest BCUT2D eigenvalue weighted by atomic mass is 9.95. The van der Waals surface area contributed by atoms with Gasteiger partial charge in [-0.3, -0.25) is 13.9 Å². The number of rotatable bonds is 10. The zero-order valence-electron chi connectivity index (χ0n) is 23.5. The van der Waals surface area contributed by atoms with Crippen LogP contribution in [0.2, 0.25) is 10.0 Å². The number of sulfonamides is 1. The van der Waals surface area contributed by atoms with Crippen LogP contribution in [0.5, 0.6) is 0 Å². The molecule has 1 fully saturated rings. The molecule has 1 aliphatic rings. The number of carbonyl (C=O) groups is 2. The van der Waals surface area contributed by atoms with Gasteiger partial charge < -0.3 is 10.2 Å². The van der Waals surface area contributed by atoms with Gasteiger partial charge in [-0.2, -0.15) is 0 Å². The van der Waals surface area contributed by atoms with E-state index in [4.69, 9.17) is 23.2 Å². The van der Waals surface area contributed by atoms with Gasteiger partial charge in [-0.15, -0.1) is 0 Å². The molecule has 42 heavy (non-hydrogen) atoms. The van der Waals surface area contributed by atoms with Gasteiger partial charge in [0.05, 0.1) is 15.6 Å². The van der Waals surface area contributed by atoms with Crippen LogP contribution in [0.25, 0.3) is 0 Å². The van der Waals surface area contributed by atoms with E-state index < -0.39 is 34.3 Å². The Balaban J connectivity index is 1.70. The second kappa shape index (κ2) is 13.9. The zero-order chi connectivity index (χ0) is 30.4. The second-order valence-electron chi connectivity index (χ2n) is 10.6. The van der Waals surface area contributed by atoms with Crippen LogP contribution >= 0.6 is 23.2 Å². The molecule has 0 bridgehead atoms. The summed E-state index contributed by atoms with van der Waals surface area (Å²) in [5.74, 6) is -1.42. The standard InChI is InChI=1S/C31H34Cl2FN3O4S/c1-21-8-15-27(16-9-21)42(40,41)37(29-18-24(32)12-17-28(29)33)20-30(38)36(19-23-10-13-25(34)14-11-23)22(2)31(39)35-26-6-4-3-5-7-26/h8-18,22,26H,3-7,19-20H2,1-2H3,(H,35,39)/t22-/m1/s1. The molecule has 1 saturated carbocycles. The predicted molar refractivity (Wildman–Crippen MR) is 164 cm³/mol.